The number of benzene rings is 1. The molecule has 3 heterocycles. The minimum atomic E-state index is -3.53. The fourth-order valence-electron chi connectivity index (χ4n) is 4.55. The van der Waals surface area contributed by atoms with E-state index in [1.54, 1.807) is 16.4 Å². The van der Waals surface area contributed by atoms with Gasteiger partial charge in [-0.2, -0.15) is 4.31 Å². The lowest BCUT2D eigenvalue weighted by molar-refractivity contribution is 0.255. The van der Waals surface area contributed by atoms with E-state index in [0.717, 1.165) is 54.9 Å². The molecule has 2 fully saturated rings. The summed E-state index contributed by atoms with van der Waals surface area (Å²) in [4.78, 5) is 7.47. The van der Waals surface area contributed by atoms with E-state index in [2.05, 4.69) is 17.9 Å². The van der Waals surface area contributed by atoms with Crippen LogP contribution >= 0.6 is 0 Å². The number of nitrogens with zero attached hydrogens (tertiary/aromatic N) is 3. The van der Waals surface area contributed by atoms with E-state index in [-0.39, 0.29) is 6.04 Å². The Balaban J connectivity index is 1.64. The Kier molecular flexibility index (Phi) is 5.93. The SMILES string of the molecule is Cc1ccc(S(=O)(=O)N2CCCCC2c2cnc(N3CCCCC3)cc2C)cc1. The summed E-state index contributed by atoms with van der Waals surface area (Å²) < 4.78 is 28.5. The molecule has 0 aliphatic carbocycles. The zero-order valence-electron chi connectivity index (χ0n) is 17.5. The van der Waals surface area contributed by atoms with Gasteiger partial charge in [0.15, 0.2) is 0 Å². The van der Waals surface area contributed by atoms with Crippen LogP contribution in [-0.2, 0) is 10.0 Å². The van der Waals surface area contributed by atoms with E-state index in [1.165, 1.54) is 19.3 Å². The van der Waals surface area contributed by atoms with E-state index in [4.69, 9.17) is 4.98 Å². The zero-order valence-corrected chi connectivity index (χ0v) is 18.3. The van der Waals surface area contributed by atoms with Crippen LogP contribution in [0.4, 0.5) is 5.82 Å². The molecule has 2 saturated heterocycles. The Labute approximate surface area is 174 Å². The van der Waals surface area contributed by atoms with Crippen molar-refractivity contribution in [2.75, 3.05) is 24.5 Å². The predicted molar refractivity (Wildman–Crippen MR) is 117 cm³/mol. The van der Waals surface area contributed by atoms with Crippen LogP contribution in [0.3, 0.4) is 0 Å². The molecule has 0 N–H and O–H groups in total. The van der Waals surface area contributed by atoms with Gasteiger partial charge in [0.1, 0.15) is 5.82 Å². The van der Waals surface area contributed by atoms with Crippen molar-refractivity contribution in [3.8, 4) is 0 Å². The second kappa shape index (κ2) is 8.44. The van der Waals surface area contributed by atoms with Crippen LogP contribution in [0, 0.1) is 13.8 Å². The highest BCUT2D eigenvalue weighted by Gasteiger charge is 2.35. The maximum atomic E-state index is 13.4. The van der Waals surface area contributed by atoms with Crippen molar-refractivity contribution in [1.82, 2.24) is 9.29 Å². The minimum Gasteiger partial charge on any atom is -0.357 e. The van der Waals surface area contributed by atoms with Gasteiger partial charge in [-0.25, -0.2) is 13.4 Å². The van der Waals surface area contributed by atoms with Gasteiger partial charge in [-0.1, -0.05) is 24.1 Å². The topological polar surface area (TPSA) is 53.5 Å². The molecule has 5 nitrogen and oxygen atoms in total. The number of anilines is 1. The van der Waals surface area contributed by atoms with E-state index in [1.807, 2.05) is 25.3 Å². The third-order valence-electron chi connectivity index (χ3n) is 6.26. The summed E-state index contributed by atoms with van der Waals surface area (Å²) in [6, 6.07) is 9.18. The molecule has 1 aromatic heterocycles. The maximum Gasteiger partial charge on any atom is 0.243 e. The first kappa shape index (κ1) is 20.4. The monoisotopic (exact) mass is 413 g/mol. The van der Waals surface area contributed by atoms with E-state index in [9.17, 15) is 8.42 Å². The van der Waals surface area contributed by atoms with Gasteiger partial charge in [0.25, 0.3) is 0 Å². The fourth-order valence-corrected chi connectivity index (χ4v) is 6.22. The quantitative estimate of drug-likeness (QED) is 0.735. The van der Waals surface area contributed by atoms with Crippen molar-refractivity contribution in [2.45, 2.75) is 63.3 Å². The highest BCUT2D eigenvalue weighted by atomic mass is 32.2. The van der Waals surface area contributed by atoms with Crippen molar-refractivity contribution < 1.29 is 8.42 Å². The molecule has 2 aliphatic heterocycles. The third-order valence-corrected chi connectivity index (χ3v) is 8.18. The van der Waals surface area contributed by atoms with Crippen LogP contribution < -0.4 is 4.90 Å². The van der Waals surface area contributed by atoms with Crippen LogP contribution in [0.1, 0.15) is 61.3 Å². The molecule has 0 spiro atoms. The van der Waals surface area contributed by atoms with Gasteiger partial charge in [0, 0.05) is 25.8 Å². The second-order valence-electron chi connectivity index (χ2n) is 8.39. The van der Waals surface area contributed by atoms with Gasteiger partial charge >= 0.3 is 0 Å². The number of pyridine rings is 1. The molecule has 1 unspecified atom stereocenters. The van der Waals surface area contributed by atoms with Gasteiger partial charge in [-0.15, -0.1) is 0 Å². The average Bonchev–Trinajstić information content (AvgIpc) is 2.75. The average molecular weight is 414 g/mol. The Morgan fingerprint density at radius 1 is 0.931 bits per heavy atom. The lowest BCUT2D eigenvalue weighted by Crippen LogP contribution is -2.39. The summed E-state index contributed by atoms with van der Waals surface area (Å²) in [5.74, 6) is 1.02. The van der Waals surface area contributed by atoms with E-state index in [0.29, 0.717) is 11.4 Å². The van der Waals surface area contributed by atoms with Gasteiger partial charge < -0.3 is 4.90 Å². The van der Waals surface area contributed by atoms with Crippen LogP contribution in [-0.4, -0.2) is 37.3 Å². The molecule has 0 bridgehead atoms. The summed E-state index contributed by atoms with van der Waals surface area (Å²) >= 11 is 0. The van der Waals surface area contributed by atoms with E-state index >= 15 is 0 Å². The Morgan fingerprint density at radius 2 is 1.62 bits per heavy atom. The molecule has 156 valence electrons. The van der Waals surface area contributed by atoms with Gasteiger partial charge in [-0.3, -0.25) is 0 Å². The lowest BCUT2D eigenvalue weighted by atomic mass is 9.95. The third kappa shape index (κ3) is 4.19. The lowest BCUT2D eigenvalue weighted by Gasteiger charge is -2.36. The number of aromatic nitrogens is 1. The molecular formula is C23H31N3O2S. The van der Waals surface area contributed by atoms with Crippen molar-refractivity contribution in [3.05, 3.63) is 53.2 Å². The van der Waals surface area contributed by atoms with Crippen LogP contribution in [0.5, 0.6) is 0 Å². The standard InChI is InChI=1S/C23H31N3O2S/c1-18-9-11-20(12-10-18)29(27,28)26-15-7-4-8-22(26)21-17-24-23(16-19(21)2)25-13-5-3-6-14-25/h9-12,16-17,22H,3-8,13-15H2,1-2H3. The normalized spacial score (nSPS) is 21.3. The summed E-state index contributed by atoms with van der Waals surface area (Å²) in [7, 11) is -3.53. The molecule has 2 aromatic rings. The first-order chi connectivity index (χ1) is 14.0. The largest absolute Gasteiger partial charge is 0.357 e. The summed E-state index contributed by atoms with van der Waals surface area (Å²) in [5.41, 5.74) is 3.24. The molecule has 1 aromatic carbocycles. The molecule has 2 aliphatic rings. The summed E-state index contributed by atoms with van der Waals surface area (Å²) in [5, 5.41) is 0. The van der Waals surface area contributed by atoms with Gasteiger partial charge in [0.2, 0.25) is 10.0 Å². The molecular weight excluding hydrogens is 382 g/mol. The van der Waals surface area contributed by atoms with Crippen LogP contribution in [0.15, 0.2) is 41.4 Å². The number of aryl methyl sites for hydroxylation is 2. The zero-order chi connectivity index (χ0) is 20.4. The Bertz CT molecular complexity index is 951. The number of hydrogen-bond donors (Lipinski definition) is 0. The first-order valence-corrected chi connectivity index (χ1v) is 12.2. The number of sulfonamides is 1. The van der Waals surface area contributed by atoms with Crippen molar-refractivity contribution in [3.63, 3.8) is 0 Å². The second-order valence-corrected chi connectivity index (χ2v) is 10.3. The number of rotatable bonds is 4. The van der Waals surface area contributed by atoms with Gasteiger partial charge in [-0.05, 0) is 75.3 Å². The highest BCUT2D eigenvalue weighted by Crippen LogP contribution is 2.37. The summed E-state index contributed by atoms with van der Waals surface area (Å²) in [6.07, 6.45) is 8.43. The fraction of sp³-hybridized carbons (Fsp3) is 0.522. The van der Waals surface area contributed by atoms with Crippen molar-refractivity contribution in [2.24, 2.45) is 0 Å². The first-order valence-electron chi connectivity index (χ1n) is 10.8. The van der Waals surface area contributed by atoms with Crippen molar-refractivity contribution >= 4 is 15.8 Å². The number of hydrogen-bond acceptors (Lipinski definition) is 4. The molecule has 0 saturated carbocycles. The number of piperidine rings is 2. The summed E-state index contributed by atoms with van der Waals surface area (Å²) in [6.45, 7) is 6.75. The smallest absolute Gasteiger partial charge is 0.243 e. The van der Waals surface area contributed by atoms with Gasteiger partial charge in [0.05, 0.1) is 10.9 Å². The van der Waals surface area contributed by atoms with Crippen molar-refractivity contribution in [1.29, 1.82) is 0 Å². The minimum absolute atomic E-state index is 0.141. The Hall–Kier alpha value is -1.92. The maximum absolute atomic E-state index is 13.4. The molecule has 6 heteroatoms. The predicted octanol–water partition coefficient (Wildman–Crippen LogP) is 4.60. The molecule has 0 radical (unpaired) electrons. The van der Waals surface area contributed by atoms with Crippen LogP contribution in [0.25, 0.3) is 0 Å². The molecule has 29 heavy (non-hydrogen) atoms. The van der Waals surface area contributed by atoms with E-state index < -0.39 is 10.0 Å². The highest BCUT2D eigenvalue weighted by molar-refractivity contribution is 7.89. The molecule has 1 atom stereocenters. The molecule has 4 rings (SSSR count). The van der Waals surface area contributed by atoms with Crippen LogP contribution in [0.2, 0.25) is 0 Å². The molecule has 0 amide bonds. The Morgan fingerprint density at radius 3 is 2.31 bits per heavy atom.